The second kappa shape index (κ2) is 11.2. The molecule has 0 aromatic rings. The first-order valence-corrected chi connectivity index (χ1v) is 11.9. The van der Waals surface area contributed by atoms with Crippen molar-refractivity contribution in [1.82, 2.24) is 20.3 Å². The third-order valence-corrected chi connectivity index (χ3v) is 7.03. The van der Waals surface area contributed by atoms with E-state index >= 15 is 0 Å². The summed E-state index contributed by atoms with van der Waals surface area (Å²) in [5.41, 5.74) is 0.191. The average molecular weight is 404 g/mol. The van der Waals surface area contributed by atoms with Crippen molar-refractivity contribution in [3.63, 3.8) is 0 Å². The van der Waals surface area contributed by atoms with Gasteiger partial charge < -0.3 is 15.4 Å². The van der Waals surface area contributed by atoms with Crippen LogP contribution >= 0.6 is 0 Å². The summed E-state index contributed by atoms with van der Waals surface area (Å²) in [6, 6.07) is 0. The molecule has 0 radical (unpaired) electrons. The Kier molecular flexibility index (Phi) is 9.28. The van der Waals surface area contributed by atoms with Crippen LogP contribution in [0.2, 0.25) is 0 Å². The summed E-state index contributed by atoms with van der Waals surface area (Å²) in [5.74, 6) is 0.902. The molecule has 0 spiro atoms. The Morgan fingerprint density at radius 1 is 1.11 bits per heavy atom. The predicted molar refractivity (Wildman–Crippen MR) is 110 cm³/mol. The number of nitrogens with zero attached hydrogens (tertiary/aromatic N) is 2. The molecule has 158 valence electrons. The molecule has 1 aliphatic heterocycles. The summed E-state index contributed by atoms with van der Waals surface area (Å²) < 4.78 is 31.0. The minimum absolute atomic E-state index is 0.118. The Morgan fingerprint density at radius 3 is 2.44 bits per heavy atom. The van der Waals surface area contributed by atoms with E-state index in [0.717, 1.165) is 38.8 Å². The molecule has 0 bridgehead atoms. The van der Waals surface area contributed by atoms with Crippen molar-refractivity contribution in [1.29, 1.82) is 0 Å². The number of guanidine groups is 1. The van der Waals surface area contributed by atoms with E-state index in [1.165, 1.54) is 32.1 Å². The quantitative estimate of drug-likeness (QED) is 0.295. The van der Waals surface area contributed by atoms with E-state index < -0.39 is 10.0 Å². The van der Waals surface area contributed by atoms with Crippen molar-refractivity contribution in [2.75, 3.05) is 58.7 Å². The monoisotopic (exact) mass is 403 g/mol. The number of aliphatic imine (C=N–C) groups is 1. The fraction of sp³-hybridized carbons (Fsp3) is 0.944. The van der Waals surface area contributed by atoms with Gasteiger partial charge in [-0.3, -0.25) is 9.89 Å². The van der Waals surface area contributed by atoms with Gasteiger partial charge in [0.25, 0.3) is 0 Å². The summed E-state index contributed by atoms with van der Waals surface area (Å²) in [5, 5.41) is 6.81. The van der Waals surface area contributed by atoms with Gasteiger partial charge in [0, 0.05) is 45.3 Å². The zero-order chi connectivity index (χ0) is 19.6. The molecule has 1 heterocycles. The molecule has 1 saturated carbocycles. The van der Waals surface area contributed by atoms with Gasteiger partial charge in [-0.2, -0.15) is 0 Å². The molecular weight excluding hydrogens is 366 g/mol. The summed E-state index contributed by atoms with van der Waals surface area (Å²) in [6.07, 6.45) is 7.04. The van der Waals surface area contributed by atoms with E-state index in [1.54, 1.807) is 14.0 Å². The molecule has 0 aromatic carbocycles. The van der Waals surface area contributed by atoms with Crippen molar-refractivity contribution >= 4 is 16.0 Å². The molecule has 1 saturated heterocycles. The van der Waals surface area contributed by atoms with E-state index in [9.17, 15) is 8.42 Å². The second-order valence-electron chi connectivity index (χ2n) is 7.39. The van der Waals surface area contributed by atoms with Crippen molar-refractivity contribution in [2.45, 2.75) is 51.0 Å². The topological polar surface area (TPSA) is 95.1 Å². The Bertz CT molecular complexity index is 555. The van der Waals surface area contributed by atoms with Gasteiger partial charge in [-0.05, 0) is 26.2 Å². The lowest BCUT2D eigenvalue weighted by molar-refractivity contribution is -0.0352. The molecular formula is C18H37N5O3S. The van der Waals surface area contributed by atoms with Gasteiger partial charge in [-0.1, -0.05) is 19.3 Å². The number of sulfonamides is 1. The Morgan fingerprint density at radius 2 is 1.81 bits per heavy atom. The van der Waals surface area contributed by atoms with Gasteiger partial charge in [-0.25, -0.2) is 13.1 Å². The third-order valence-electron chi connectivity index (χ3n) is 5.62. The molecule has 27 heavy (non-hydrogen) atoms. The van der Waals surface area contributed by atoms with Crippen LogP contribution in [0.5, 0.6) is 0 Å². The Labute approximate surface area is 164 Å². The van der Waals surface area contributed by atoms with Gasteiger partial charge in [0.2, 0.25) is 10.0 Å². The van der Waals surface area contributed by atoms with Crippen molar-refractivity contribution < 1.29 is 13.2 Å². The van der Waals surface area contributed by atoms with Crippen LogP contribution in [-0.2, 0) is 14.8 Å². The zero-order valence-corrected chi connectivity index (χ0v) is 17.7. The van der Waals surface area contributed by atoms with Crippen molar-refractivity contribution in [2.24, 2.45) is 4.99 Å². The van der Waals surface area contributed by atoms with Crippen LogP contribution in [0.1, 0.15) is 45.4 Å². The van der Waals surface area contributed by atoms with Gasteiger partial charge in [0.1, 0.15) is 0 Å². The largest absolute Gasteiger partial charge is 0.379 e. The summed E-state index contributed by atoms with van der Waals surface area (Å²) in [7, 11) is -1.34. The second-order valence-corrected chi connectivity index (χ2v) is 9.48. The summed E-state index contributed by atoms with van der Waals surface area (Å²) >= 11 is 0. The van der Waals surface area contributed by atoms with Crippen LogP contribution in [0.3, 0.4) is 0 Å². The molecule has 0 amide bonds. The average Bonchev–Trinajstić information content (AvgIpc) is 2.71. The summed E-state index contributed by atoms with van der Waals surface area (Å²) in [6.45, 7) is 7.30. The number of ether oxygens (including phenoxy) is 1. The minimum Gasteiger partial charge on any atom is -0.379 e. The van der Waals surface area contributed by atoms with Gasteiger partial charge in [-0.15, -0.1) is 0 Å². The first-order valence-electron chi connectivity index (χ1n) is 10.3. The normalized spacial score (nSPS) is 21.8. The molecule has 2 fully saturated rings. The van der Waals surface area contributed by atoms with Crippen LogP contribution in [0.25, 0.3) is 0 Å². The van der Waals surface area contributed by atoms with Gasteiger partial charge in [0.15, 0.2) is 5.96 Å². The lowest BCUT2D eigenvalue weighted by atomic mass is 9.80. The third kappa shape index (κ3) is 7.21. The zero-order valence-electron chi connectivity index (χ0n) is 16.9. The fourth-order valence-electron chi connectivity index (χ4n) is 3.95. The van der Waals surface area contributed by atoms with Crippen LogP contribution < -0.4 is 15.4 Å². The maximum absolute atomic E-state index is 11.4. The molecule has 9 heteroatoms. The van der Waals surface area contributed by atoms with Crippen LogP contribution in [0.15, 0.2) is 4.99 Å². The molecule has 0 atom stereocenters. The predicted octanol–water partition coefficient (Wildman–Crippen LogP) is 0.516. The van der Waals surface area contributed by atoms with Crippen molar-refractivity contribution in [3.05, 3.63) is 0 Å². The van der Waals surface area contributed by atoms with E-state index in [2.05, 4.69) is 25.2 Å². The first kappa shape index (κ1) is 22.4. The van der Waals surface area contributed by atoms with Crippen LogP contribution in [0, 0.1) is 0 Å². The highest BCUT2D eigenvalue weighted by Gasteiger charge is 2.38. The molecule has 3 N–H and O–H groups in total. The smallest absolute Gasteiger partial charge is 0.211 e. The van der Waals surface area contributed by atoms with Crippen LogP contribution in [0.4, 0.5) is 0 Å². The Balaban J connectivity index is 1.78. The van der Waals surface area contributed by atoms with Crippen molar-refractivity contribution in [3.8, 4) is 0 Å². The first-order chi connectivity index (χ1) is 13.0. The lowest BCUT2D eigenvalue weighted by Crippen LogP contribution is -2.60. The maximum atomic E-state index is 11.4. The standard InChI is InChI=1S/C18H37N5O3S/c1-3-27(24,25)22-11-7-10-20-17(19-2)21-16-18(8-5-4-6-9-18)23-12-14-26-15-13-23/h22H,3-16H2,1-2H3,(H2,19,20,21). The SMILES string of the molecule is CCS(=O)(=O)NCCCNC(=NC)NCC1(N2CCOCC2)CCCCC1. The minimum atomic E-state index is -3.11. The highest BCUT2D eigenvalue weighted by Crippen LogP contribution is 2.33. The summed E-state index contributed by atoms with van der Waals surface area (Å²) in [4.78, 5) is 6.93. The number of rotatable bonds is 9. The number of hydrogen-bond donors (Lipinski definition) is 3. The molecule has 0 unspecified atom stereocenters. The van der Waals surface area contributed by atoms with Crippen LogP contribution in [-0.4, -0.2) is 83.6 Å². The van der Waals surface area contributed by atoms with E-state index in [0.29, 0.717) is 19.5 Å². The molecule has 1 aliphatic carbocycles. The maximum Gasteiger partial charge on any atom is 0.211 e. The Hall–Kier alpha value is -0.900. The lowest BCUT2D eigenvalue weighted by Gasteiger charge is -2.48. The molecule has 2 aliphatic rings. The fourth-order valence-corrected chi connectivity index (χ4v) is 4.61. The molecule has 8 nitrogen and oxygen atoms in total. The number of nitrogens with one attached hydrogen (secondary N) is 3. The van der Waals surface area contributed by atoms with Gasteiger partial charge >= 0.3 is 0 Å². The van der Waals surface area contributed by atoms with E-state index in [4.69, 9.17) is 4.74 Å². The van der Waals surface area contributed by atoms with E-state index in [-0.39, 0.29) is 11.3 Å². The highest BCUT2D eigenvalue weighted by atomic mass is 32.2. The number of morpholine rings is 1. The van der Waals surface area contributed by atoms with E-state index in [1.807, 2.05) is 0 Å². The molecule has 2 rings (SSSR count). The van der Waals surface area contributed by atoms with Gasteiger partial charge in [0.05, 0.1) is 19.0 Å². The molecule has 0 aromatic heterocycles. The number of hydrogen-bond acceptors (Lipinski definition) is 5. The highest BCUT2D eigenvalue weighted by molar-refractivity contribution is 7.89.